The number of benzene rings is 1. The summed E-state index contributed by atoms with van der Waals surface area (Å²) in [6.07, 6.45) is 4.83. The monoisotopic (exact) mass is 343 g/mol. The second-order valence-corrected chi connectivity index (χ2v) is 5.86. The second kappa shape index (κ2) is 7.84. The third-order valence-electron chi connectivity index (χ3n) is 3.58. The minimum atomic E-state index is 0.00265. The van der Waals surface area contributed by atoms with Crippen LogP contribution in [0.25, 0.3) is 11.3 Å². The van der Waals surface area contributed by atoms with E-state index in [0.29, 0.717) is 23.7 Å². The van der Waals surface area contributed by atoms with Crippen molar-refractivity contribution in [1.29, 1.82) is 0 Å². The van der Waals surface area contributed by atoms with Crippen LogP contribution in [0.1, 0.15) is 18.6 Å². The van der Waals surface area contributed by atoms with Crippen molar-refractivity contribution < 1.29 is 9.21 Å². The van der Waals surface area contributed by atoms with E-state index in [1.807, 2.05) is 53.3 Å². The molecule has 1 amide bonds. The first kappa shape index (κ1) is 16.3. The van der Waals surface area contributed by atoms with Crippen molar-refractivity contribution in [2.75, 3.05) is 0 Å². The molecule has 0 radical (unpaired) electrons. The minimum Gasteiger partial charge on any atom is -0.459 e. The van der Waals surface area contributed by atoms with Gasteiger partial charge in [0.1, 0.15) is 11.5 Å². The molecule has 0 saturated heterocycles. The lowest BCUT2D eigenvalue weighted by Gasteiger charge is -2.04. The topological polar surface area (TPSA) is 60.1 Å². The molecule has 24 heavy (non-hydrogen) atoms. The number of rotatable bonds is 7. The normalized spacial score (nSPS) is 10.7. The van der Waals surface area contributed by atoms with Gasteiger partial charge in [-0.15, -0.1) is 0 Å². The summed E-state index contributed by atoms with van der Waals surface area (Å²) in [4.78, 5) is 11.9. The molecule has 1 aromatic carbocycles. The molecule has 2 aromatic heterocycles. The standard InChI is InChI=1S/C18H18ClN3O2/c19-15-5-1-4-14(12-15)17-8-7-16(24-17)13-20-18(23)6-2-10-22-11-3-9-21-22/h1,3-5,7-9,11-12H,2,6,10,13H2,(H,20,23). The first-order chi connectivity index (χ1) is 11.7. The van der Waals surface area contributed by atoms with Gasteiger partial charge in [-0.2, -0.15) is 5.10 Å². The summed E-state index contributed by atoms with van der Waals surface area (Å²) >= 11 is 5.98. The quantitative estimate of drug-likeness (QED) is 0.708. The van der Waals surface area contributed by atoms with Crippen LogP contribution in [0.3, 0.4) is 0 Å². The number of furan rings is 1. The van der Waals surface area contributed by atoms with Gasteiger partial charge in [-0.25, -0.2) is 0 Å². The van der Waals surface area contributed by atoms with Crippen molar-refractivity contribution in [2.24, 2.45) is 0 Å². The van der Waals surface area contributed by atoms with Crippen LogP contribution in [0.15, 0.2) is 59.3 Å². The zero-order valence-corrected chi connectivity index (χ0v) is 13.9. The van der Waals surface area contributed by atoms with E-state index >= 15 is 0 Å². The number of nitrogens with one attached hydrogen (secondary N) is 1. The molecular weight excluding hydrogens is 326 g/mol. The number of amides is 1. The molecule has 3 aromatic rings. The Hall–Kier alpha value is -2.53. The Morgan fingerprint density at radius 3 is 2.96 bits per heavy atom. The van der Waals surface area contributed by atoms with E-state index in [4.69, 9.17) is 16.0 Å². The van der Waals surface area contributed by atoms with Gasteiger partial charge >= 0.3 is 0 Å². The molecule has 0 saturated carbocycles. The molecule has 2 heterocycles. The van der Waals surface area contributed by atoms with Crippen molar-refractivity contribution in [2.45, 2.75) is 25.9 Å². The predicted octanol–water partition coefficient (Wildman–Crippen LogP) is 3.89. The Morgan fingerprint density at radius 2 is 2.17 bits per heavy atom. The van der Waals surface area contributed by atoms with E-state index in [9.17, 15) is 4.79 Å². The third kappa shape index (κ3) is 4.49. The van der Waals surface area contributed by atoms with Gasteiger partial charge in [0.2, 0.25) is 5.91 Å². The molecule has 0 aliphatic rings. The molecule has 0 aliphatic heterocycles. The largest absolute Gasteiger partial charge is 0.459 e. The number of nitrogens with zero attached hydrogens (tertiary/aromatic N) is 2. The highest BCUT2D eigenvalue weighted by molar-refractivity contribution is 6.30. The highest BCUT2D eigenvalue weighted by Crippen LogP contribution is 2.24. The van der Waals surface area contributed by atoms with Gasteiger partial charge in [0.15, 0.2) is 0 Å². The van der Waals surface area contributed by atoms with Gasteiger partial charge < -0.3 is 9.73 Å². The van der Waals surface area contributed by atoms with E-state index in [2.05, 4.69) is 10.4 Å². The summed E-state index contributed by atoms with van der Waals surface area (Å²) in [7, 11) is 0. The zero-order valence-electron chi connectivity index (χ0n) is 13.1. The van der Waals surface area contributed by atoms with Crippen molar-refractivity contribution in [3.8, 4) is 11.3 Å². The Kier molecular flexibility index (Phi) is 5.33. The molecule has 3 rings (SSSR count). The van der Waals surface area contributed by atoms with Crippen LogP contribution < -0.4 is 5.32 Å². The van der Waals surface area contributed by atoms with Crippen LogP contribution in [0.4, 0.5) is 0 Å². The van der Waals surface area contributed by atoms with Crippen molar-refractivity contribution in [1.82, 2.24) is 15.1 Å². The van der Waals surface area contributed by atoms with Gasteiger partial charge in [-0.3, -0.25) is 9.48 Å². The van der Waals surface area contributed by atoms with Gasteiger partial charge in [-0.05, 0) is 36.8 Å². The van der Waals surface area contributed by atoms with Crippen LogP contribution >= 0.6 is 11.6 Å². The van der Waals surface area contributed by atoms with Crippen LogP contribution in [-0.4, -0.2) is 15.7 Å². The van der Waals surface area contributed by atoms with E-state index in [1.54, 1.807) is 6.20 Å². The Morgan fingerprint density at radius 1 is 1.25 bits per heavy atom. The average molecular weight is 344 g/mol. The fourth-order valence-electron chi connectivity index (χ4n) is 2.38. The maximum Gasteiger partial charge on any atom is 0.220 e. The SMILES string of the molecule is O=C(CCCn1cccn1)NCc1ccc(-c2cccc(Cl)c2)o1. The van der Waals surface area contributed by atoms with Crippen LogP contribution in [0.5, 0.6) is 0 Å². The number of aromatic nitrogens is 2. The fraction of sp³-hybridized carbons (Fsp3) is 0.222. The molecule has 0 unspecified atom stereocenters. The Bertz CT molecular complexity index is 796. The second-order valence-electron chi connectivity index (χ2n) is 5.43. The first-order valence-corrected chi connectivity index (χ1v) is 8.17. The molecule has 0 atom stereocenters. The van der Waals surface area contributed by atoms with Crippen molar-refractivity contribution >= 4 is 17.5 Å². The van der Waals surface area contributed by atoms with E-state index in [-0.39, 0.29) is 5.91 Å². The highest BCUT2D eigenvalue weighted by Gasteiger charge is 2.07. The number of aryl methyl sites for hydroxylation is 1. The van der Waals surface area contributed by atoms with Gasteiger partial charge in [-0.1, -0.05) is 23.7 Å². The molecule has 0 spiro atoms. The maximum atomic E-state index is 11.9. The number of carbonyl (C=O) groups is 1. The van der Waals surface area contributed by atoms with Gasteiger partial charge in [0.05, 0.1) is 6.54 Å². The minimum absolute atomic E-state index is 0.00265. The molecule has 5 nitrogen and oxygen atoms in total. The number of hydrogen-bond donors (Lipinski definition) is 1. The van der Waals surface area contributed by atoms with Crippen LogP contribution in [0, 0.1) is 0 Å². The van der Waals surface area contributed by atoms with Crippen LogP contribution in [0.2, 0.25) is 5.02 Å². The van der Waals surface area contributed by atoms with E-state index in [0.717, 1.165) is 24.3 Å². The summed E-state index contributed by atoms with van der Waals surface area (Å²) in [6, 6.07) is 13.1. The van der Waals surface area contributed by atoms with Gasteiger partial charge in [0, 0.05) is 35.9 Å². The molecule has 0 aliphatic carbocycles. The maximum absolute atomic E-state index is 11.9. The number of hydrogen-bond acceptors (Lipinski definition) is 3. The molecule has 124 valence electrons. The van der Waals surface area contributed by atoms with E-state index < -0.39 is 0 Å². The summed E-state index contributed by atoms with van der Waals surface area (Å²) in [5, 5.41) is 7.63. The summed E-state index contributed by atoms with van der Waals surface area (Å²) < 4.78 is 7.57. The number of halogens is 1. The van der Waals surface area contributed by atoms with Crippen molar-refractivity contribution in [3.63, 3.8) is 0 Å². The molecule has 0 fully saturated rings. The summed E-state index contributed by atoms with van der Waals surface area (Å²) in [5.74, 6) is 1.45. The summed E-state index contributed by atoms with van der Waals surface area (Å²) in [6.45, 7) is 1.11. The highest BCUT2D eigenvalue weighted by atomic mass is 35.5. The van der Waals surface area contributed by atoms with Crippen LogP contribution in [-0.2, 0) is 17.9 Å². The molecule has 0 bridgehead atoms. The Balaban J connectivity index is 1.45. The molecule has 1 N–H and O–H groups in total. The predicted molar refractivity (Wildman–Crippen MR) is 92.5 cm³/mol. The zero-order chi connectivity index (χ0) is 16.8. The van der Waals surface area contributed by atoms with E-state index in [1.165, 1.54) is 0 Å². The summed E-state index contributed by atoms with van der Waals surface area (Å²) in [5.41, 5.74) is 0.916. The average Bonchev–Trinajstić information content (AvgIpc) is 3.25. The third-order valence-corrected chi connectivity index (χ3v) is 3.82. The fourth-order valence-corrected chi connectivity index (χ4v) is 2.57. The number of carbonyl (C=O) groups excluding carboxylic acids is 1. The Labute approximate surface area is 145 Å². The van der Waals surface area contributed by atoms with Crippen molar-refractivity contribution in [3.05, 3.63) is 65.6 Å². The first-order valence-electron chi connectivity index (χ1n) is 7.79. The van der Waals surface area contributed by atoms with Gasteiger partial charge in [0.25, 0.3) is 0 Å². The lowest BCUT2D eigenvalue weighted by Crippen LogP contribution is -2.22. The lowest BCUT2D eigenvalue weighted by molar-refractivity contribution is -0.121. The lowest BCUT2D eigenvalue weighted by atomic mass is 10.2. The molecular formula is C18H18ClN3O2. The smallest absolute Gasteiger partial charge is 0.220 e. The molecule has 6 heteroatoms.